The van der Waals surface area contributed by atoms with Crippen LogP contribution in [0.2, 0.25) is 0 Å². The van der Waals surface area contributed by atoms with E-state index < -0.39 is 18.0 Å². The number of ether oxygens (including phenoxy) is 1. The van der Waals surface area contributed by atoms with Crippen molar-refractivity contribution in [2.24, 2.45) is 0 Å². The van der Waals surface area contributed by atoms with Crippen LogP contribution in [-0.2, 0) is 14.3 Å². The van der Waals surface area contributed by atoms with Crippen molar-refractivity contribution in [3.8, 4) is 0 Å². The summed E-state index contributed by atoms with van der Waals surface area (Å²) < 4.78 is 5.00. The summed E-state index contributed by atoms with van der Waals surface area (Å²) in [6, 6.07) is 6.19. The lowest BCUT2D eigenvalue weighted by atomic mass is 10.1. The third-order valence-corrected chi connectivity index (χ3v) is 2.87. The molecule has 6 nitrogen and oxygen atoms in total. The molecule has 0 amide bonds. The molecule has 0 saturated carbocycles. The maximum atomic E-state index is 12.0. The van der Waals surface area contributed by atoms with E-state index in [0.717, 1.165) is 0 Å². The van der Waals surface area contributed by atoms with E-state index in [1.165, 1.54) is 4.90 Å². The quantitative estimate of drug-likeness (QED) is 0.581. The molecule has 1 aromatic carbocycles. The van der Waals surface area contributed by atoms with Crippen molar-refractivity contribution < 1.29 is 19.4 Å². The second-order valence-corrected chi connectivity index (χ2v) is 4.26. The Morgan fingerprint density at radius 3 is 2.50 bits per heavy atom. The number of anilines is 2. The summed E-state index contributed by atoms with van der Waals surface area (Å²) in [6.45, 7) is 3.45. The van der Waals surface area contributed by atoms with Gasteiger partial charge in [-0.1, -0.05) is 19.1 Å². The largest absolute Gasteiger partial charge is 0.480 e. The predicted octanol–water partition coefficient (Wildman–Crippen LogP) is 1.50. The average Bonchev–Trinajstić information content (AvgIpc) is 2.39. The van der Waals surface area contributed by atoms with Crippen LogP contribution in [0.25, 0.3) is 0 Å². The van der Waals surface area contributed by atoms with Crippen molar-refractivity contribution in [2.75, 3.05) is 23.8 Å². The van der Waals surface area contributed by atoms with E-state index in [9.17, 15) is 9.59 Å². The van der Waals surface area contributed by atoms with E-state index in [1.54, 1.807) is 38.1 Å². The molecule has 0 aliphatic rings. The number of carboxylic acids is 1. The van der Waals surface area contributed by atoms with Crippen LogP contribution in [0.5, 0.6) is 0 Å². The maximum Gasteiger partial charge on any atom is 0.328 e. The van der Waals surface area contributed by atoms with Crippen LogP contribution in [0.4, 0.5) is 11.4 Å². The molecule has 20 heavy (non-hydrogen) atoms. The number of carbonyl (C=O) groups is 2. The summed E-state index contributed by atoms with van der Waals surface area (Å²) in [7, 11) is 0. The highest BCUT2D eigenvalue weighted by molar-refractivity contribution is 5.86. The fourth-order valence-electron chi connectivity index (χ4n) is 2.01. The predicted molar refractivity (Wildman–Crippen MR) is 76.5 cm³/mol. The lowest BCUT2D eigenvalue weighted by molar-refractivity contribution is -0.145. The van der Waals surface area contributed by atoms with Gasteiger partial charge >= 0.3 is 11.9 Å². The highest BCUT2D eigenvalue weighted by Gasteiger charge is 2.28. The van der Waals surface area contributed by atoms with E-state index >= 15 is 0 Å². The first-order valence-corrected chi connectivity index (χ1v) is 6.50. The number of nitrogens with two attached hydrogens (primary N) is 1. The van der Waals surface area contributed by atoms with Gasteiger partial charge < -0.3 is 20.5 Å². The van der Waals surface area contributed by atoms with Crippen molar-refractivity contribution in [3.63, 3.8) is 0 Å². The minimum absolute atomic E-state index is 0.251. The minimum atomic E-state index is -1.03. The van der Waals surface area contributed by atoms with E-state index in [0.29, 0.717) is 17.8 Å². The number of esters is 1. The molecule has 0 aromatic heterocycles. The molecule has 0 radical (unpaired) electrons. The Morgan fingerprint density at radius 2 is 2.00 bits per heavy atom. The van der Waals surface area contributed by atoms with Crippen LogP contribution in [0.3, 0.4) is 0 Å². The third-order valence-electron chi connectivity index (χ3n) is 2.87. The number of carbonyl (C=O) groups excluding carboxylic acids is 1. The Balaban J connectivity index is 3.13. The fraction of sp³-hybridized carbons (Fsp3) is 0.429. The van der Waals surface area contributed by atoms with Gasteiger partial charge in [-0.05, 0) is 25.5 Å². The zero-order valence-electron chi connectivity index (χ0n) is 11.7. The summed E-state index contributed by atoms with van der Waals surface area (Å²) in [5.41, 5.74) is 6.83. The van der Waals surface area contributed by atoms with Gasteiger partial charge in [0.1, 0.15) is 12.6 Å². The maximum absolute atomic E-state index is 12.0. The van der Waals surface area contributed by atoms with Gasteiger partial charge in [-0.2, -0.15) is 0 Å². The second-order valence-electron chi connectivity index (χ2n) is 4.26. The topological polar surface area (TPSA) is 92.9 Å². The smallest absolute Gasteiger partial charge is 0.328 e. The fourth-order valence-corrected chi connectivity index (χ4v) is 2.01. The Morgan fingerprint density at radius 1 is 1.35 bits per heavy atom. The zero-order chi connectivity index (χ0) is 15.1. The number of benzene rings is 1. The Bertz CT molecular complexity index is 476. The molecule has 6 heteroatoms. The number of nitrogens with zero attached hydrogens (tertiary/aromatic N) is 1. The molecular formula is C14H20N2O4. The Kier molecular flexibility index (Phi) is 5.83. The molecule has 1 atom stereocenters. The van der Waals surface area contributed by atoms with Crippen molar-refractivity contribution in [3.05, 3.63) is 24.3 Å². The number of carboxylic acid groups (broad SMARTS) is 1. The summed E-state index contributed by atoms with van der Waals surface area (Å²) >= 11 is 0. The van der Waals surface area contributed by atoms with Crippen LogP contribution in [0.15, 0.2) is 24.3 Å². The lowest BCUT2D eigenvalue weighted by Gasteiger charge is -2.30. The van der Waals surface area contributed by atoms with E-state index in [4.69, 9.17) is 15.6 Å². The molecule has 1 unspecified atom stereocenters. The van der Waals surface area contributed by atoms with Gasteiger partial charge in [0.2, 0.25) is 0 Å². The molecule has 0 spiro atoms. The molecule has 0 heterocycles. The van der Waals surface area contributed by atoms with Gasteiger partial charge in [0.05, 0.1) is 18.0 Å². The van der Waals surface area contributed by atoms with Gasteiger partial charge in [-0.15, -0.1) is 0 Å². The van der Waals surface area contributed by atoms with Crippen molar-refractivity contribution in [2.45, 2.75) is 26.3 Å². The monoisotopic (exact) mass is 280 g/mol. The molecule has 1 aromatic rings. The number of aliphatic carboxylic acids is 1. The molecule has 0 fully saturated rings. The normalized spacial score (nSPS) is 11.7. The Hall–Kier alpha value is -2.24. The first-order valence-electron chi connectivity index (χ1n) is 6.50. The molecule has 0 aliphatic heterocycles. The van der Waals surface area contributed by atoms with E-state index in [-0.39, 0.29) is 13.2 Å². The van der Waals surface area contributed by atoms with Crippen LogP contribution >= 0.6 is 0 Å². The van der Waals surface area contributed by atoms with Crippen molar-refractivity contribution >= 4 is 23.3 Å². The van der Waals surface area contributed by atoms with Crippen LogP contribution in [0.1, 0.15) is 20.3 Å². The van der Waals surface area contributed by atoms with Gasteiger partial charge in [0.25, 0.3) is 0 Å². The highest BCUT2D eigenvalue weighted by atomic mass is 16.5. The molecule has 3 N–H and O–H groups in total. The SMILES string of the molecule is CCOC(=O)C(CC)N(CC(=O)O)c1ccccc1N. The zero-order valence-corrected chi connectivity index (χ0v) is 11.7. The van der Waals surface area contributed by atoms with Crippen LogP contribution in [0, 0.1) is 0 Å². The Labute approximate surface area is 118 Å². The summed E-state index contributed by atoms with van der Waals surface area (Å²) in [6.07, 6.45) is 0.431. The van der Waals surface area contributed by atoms with Gasteiger partial charge in [-0.3, -0.25) is 4.79 Å². The molecular weight excluding hydrogens is 260 g/mol. The molecule has 110 valence electrons. The summed E-state index contributed by atoms with van der Waals surface area (Å²) in [5.74, 6) is -1.48. The number of rotatable bonds is 7. The molecule has 0 aliphatic carbocycles. The van der Waals surface area contributed by atoms with Crippen molar-refractivity contribution in [1.82, 2.24) is 0 Å². The second kappa shape index (κ2) is 7.37. The third kappa shape index (κ3) is 3.88. The molecule has 0 saturated heterocycles. The van der Waals surface area contributed by atoms with E-state index in [2.05, 4.69) is 0 Å². The molecule has 1 rings (SSSR count). The number of para-hydroxylation sites is 2. The highest BCUT2D eigenvalue weighted by Crippen LogP contribution is 2.25. The summed E-state index contributed by atoms with van der Waals surface area (Å²) in [4.78, 5) is 24.5. The molecule has 0 bridgehead atoms. The lowest BCUT2D eigenvalue weighted by Crippen LogP contribution is -2.45. The minimum Gasteiger partial charge on any atom is -0.480 e. The number of hydrogen-bond donors (Lipinski definition) is 2. The van der Waals surface area contributed by atoms with Gasteiger partial charge in [0, 0.05) is 0 Å². The first kappa shape index (κ1) is 15.8. The first-order chi connectivity index (χ1) is 9.51. The standard InChI is InChI=1S/C14H20N2O4/c1-3-11(14(19)20-4-2)16(9-13(17)18)12-8-6-5-7-10(12)15/h5-8,11H,3-4,9,15H2,1-2H3,(H,17,18). The van der Waals surface area contributed by atoms with Gasteiger partial charge in [-0.25, -0.2) is 4.79 Å². The van der Waals surface area contributed by atoms with E-state index in [1.807, 2.05) is 0 Å². The average molecular weight is 280 g/mol. The van der Waals surface area contributed by atoms with Crippen molar-refractivity contribution in [1.29, 1.82) is 0 Å². The number of nitrogen functional groups attached to an aromatic ring is 1. The number of hydrogen-bond acceptors (Lipinski definition) is 5. The summed E-state index contributed by atoms with van der Waals surface area (Å²) in [5, 5.41) is 9.06. The van der Waals surface area contributed by atoms with Crippen LogP contribution < -0.4 is 10.6 Å². The van der Waals surface area contributed by atoms with Gasteiger partial charge in [0.15, 0.2) is 0 Å². The van der Waals surface area contributed by atoms with Crippen LogP contribution in [-0.4, -0.2) is 36.2 Å².